The van der Waals surface area contributed by atoms with Crippen LogP contribution in [0.15, 0.2) is 12.3 Å². The number of nitrogens with zero attached hydrogens (tertiary/aromatic N) is 2. The lowest BCUT2D eigenvalue weighted by Gasteiger charge is -2.04. The molecule has 7 heteroatoms. The third-order valence-electron chi connectivity index (χ3n) is 2.25. The average molecular weight is 273 g/mol. The van der Waals surface area contributed by atoms with Crippen molar-refractivity contribution in [1.82, 2.24) is 4.98 Å². The predicted octanol–water partition coefficient (Wildman–Crippen LogP) is 2.99. The summed E-state index contributed by atoms with van der Waals surface area (Å²) in [7, 11) is 0. The number of hydrogen-bond donors (Lipinski definition) is 0. The summed E-state index contributed by atoms with van der Waals surface area (Å²) in [5.41, 5.74) is -0.573. The van der Waals surface area contributed by atoms with Gasteiger partial charge in [-0.25, -0.2) is 9.78 Å². The third kappa shape index (κ3) is 3.96. The molecule has 0 spiro atoms. The highest BCUT2D eigenvalue weighted by atomic mass is 35.5. The zero-order chi connectivity index (χ0) is 13.5. The molecule has 0 fully saturated rings. The highest BCUT2D eigenvalue weighted by Gasteiger charge is 2.22. The lowest BCUT2D eigenvalue weighted by atomic mass is 10.2. The summed E-state index contributed by atoms with van der Waals surface area (Å²) in [4.78, 5) is 25.3. The van der Waals surface area contributed by atoms with Gasteiger partial charge in [0.15, 0.2) is 0 Å². The van der Waals surface area contributed by atoms with Gasteiger partial charge in [-0.3, -0.25) is 10.1 Å². The number of nitro groups is 1. The maximum atomic E-state index is 11.7. The van der Waals surface area contributed by atoms with Gasteiger partial charge in [-0.1, -0.05) is 31.4 Å². The molecule has 0 amide bonds. The van der Waals surface area contributed by atoms with Gasteiger partial charge >= 0.3 is 11.7 Å². The molecule has 6 nitrogen and oxygen atoms in total. The number of hydrogen-bond acceptors (Lipinski definition) is 5. The molecule has 0 aliphatic heterocycles. The molecule has 0 saturated heterocycles. The molecule has 0 radical (unpaired) electrons. The molecule has 0 unspecified atom stereocenters. The summed E-state index contributed by atoms with van der Waals surface area (Å²) >= 11 is 5.61. The first kappa shape index (κ1) is 14.4. The first-order valence-corrected chi connectivity index (χ1v) is 5.91. The molecule has 0 bridgehead atoms. The van der Waals surface area contributed by atoms with Crippen molar-refractivity contribution in [3.63, 3.8) is 0 Å². The molecule has 1 heterocycles. The number of rotatable bonds is 6. The fourth-order valence-corrected chi connectivity index (χ4v) is 1.48. The van der Waals surface area contributed by atoms with E-state index >= 15 is 0 Å². The number of aromatic nitrogens is 1. The van der Waals surface area contributed by atoms with Crippen LogP contribution in [0.3, 0.4) is 0 Å². The van der Waals surface area contributed by atoms with Gasteiger partial charge in [-0.15, -0.1) is 0 Å². The van der Waals surface area contributed by atoms with Crippen molar-refractivity contribution in [3.05, 3.63) is 33.1 Å². The Hall–Kier alpha value is -1.69. The van der Waals surface area contributed by atoms with Crippen molar-refractivity contribution in [3.8, 4) is 0 Å². The van der Waals surface area contributed by atoms with Crippen LogP contribution >= 0.6 is 11.6 Å². The molecule has 0 atom stereocenters. The normalized spacial score (nSPS) is 10.1. The van der Waals surface area contributed by atoms with Crippen molar-refractivity contribution in [2.24, 2.45) is 0 Å². The Labute approximate surface area is 109 Å². The minimum atomic E-state index is -0.748. The van der Waals surface area contributed by atoms with Gasteiger partial charge in [0.1, 0.15) is 16.9 Å². The monoisotopic (exact) mass is 272 g/mol. The maximum absolute atomic E-state index is 11.7. The molecule has 1 aromatic heterocycles. The smallest absolute Gasteiger partial charge is 0.345 e. The summed E-state index contributed by atoms with van der Waals surface area (Å²) in [6, 6.07) is 1.14. The Balaban J connectivity index is 2.77. The third-order valence-corrected chi connectivity index (χ3v) is 2.45. The number of carbonyl (C=O) groups excluding carboxylic acids is 1. The van der Waals surface area contributed by atoms with Crippen LogP contribution in [0.25, 0.3) is 0 Å². The Morgan fingerprint density at radius 3 is 2.89 bits per heavy atom. The van der Waals surface area contributed by atoms with Crippen molar-refractivity contribution in [1.29, 1.82) is 0 Å². The molecular formula is C11H13ClN2O4. The molecule has 0 saturated carbocycles. The van der Waals surface area contributed by atoms with E-state index in [4.69, 9.17) is 16.3 Å². The molecule has 1 rings (SSSR count). The minimum absolute atomic E-state index is 0.0149. The summed E-state index contributed by atoms with van der Waals surface area (Å²) in [5.74, 6) is -0.748. The largest absolute Gasteiger partial charge is 0.462 e. The Morgan fingerprint density at radius 1 is 1.56 bits per heavy atom. The van der Waals surface area contributed by atoms with Gasteiger partial charge in [0.2, 0.25) is 0 Å². The van der Waals surface area contributed by atoms with Crippen molar-refractivity contribution in [2.75, 3.05) is 6.61 Å². The van der Waals surface area contributed by atoms with Gasteiger partial charge < -0.3 is 4.74 Å². The summed E-state index contributed by atoms with van der Waals surface area (Å²) < 4.78 is 4.95. The maximum Gasteiger partial charge on any atom is 0.345 e. The van der Waals surface area contributed by atoms with Crippen LogP contribution in [0.5, 0.6) is 0 Å². The highest BCUT2D eigenvalue weighted by molar-refractivity contribution is 6.29. The van der Waals surface area contributed by atoms with Crippen LogP contribution < -0.4 is 0 Å². The first-order chi connectivity index (χ1) is 8.56. The molecule has 0 aliphatic rings. The lowest BCUT2D eigenvalue weighted by molar-refractivity contribution is -0.385. The van der Waals surface area contributed by atoms with Crippen molar-refractivity contribution < 1.29 is 14.5 Å². The zero-order valence-corrected chi connectivity index (χ0v) is 10.6. The van der Waals surface area contributed by atoms with Crippen LogP contribution in [0.2, 0.25) is 5.15 Å². The second-order valence-electron chi connectivity index (χ2n) is 3.62. The predicted molar refractivity (Wildman–Crippen MR) is 65.7 cm³/mol. The molecule has 18 heavy (non-hydrogen) atoms. The molecule has 0 aliphatic carbocycles. The highest BCUT2D eigenvalue weighted by Crippen LogP contribution is 2.21. The number of ether oxygens (including phenoxy) is 1. The Kier molecular flexibility index (Phi) is 5.51. The van der Waals surface area contributed by atoms with E-state index in [0.717, 1.165) is 31.5 Å². The van der Waals surface area contributed by atoms with Gasteiger partial charge in [0.25, 0.3) is 0 Å². The quantitative estimate of drug-likeness (QED) is 0.261. The fraction of sp³-hybridized carbons (Fsp3) is 0.455. The van der Waals surface area contributed by atoms with E-state index in [1.165, 1.54) is 0 Å². The number of pyridine rings is 1. The van der Waals surface area contributed by atoms with Crippen molar-refractivity contribution >= 4 is 23.3 Å². The van der Waals surface area contributed by atoms with Gasteiger partial charge in [-0.05, 0) is 12.5 Å². The van der Waals surface area contributed by atoms with E-state index in [9.17, 15) is 14.9 Å². The minimum Gasteiger partial charge on any atom is -0.462 e. The summed E-state index contributed by atoms with van der Waals surface area (Å²) in [5, 5.41) is 10.7. The number of unbranched alkanes of at least 4 members (excludes halogenated alkanes) is 2. The van der Waals surface area contributed by atoms with Crippen LogP contribution in [-0.2, 0) is 4.74 Å². The fourth-order valence-electron chi connectivity index (χ4n) is 1.33. The Bertz CT molecular complexity index is 451. The molecule has 0 aromatic carbocycles. The Morgan fingerprint density at radius 2 is 2.28 bits per heavy atom. The van der Waals surface area contributed by atoms with E-state index < -0.39 is 16.6 Å². The van der Waals surface area contributed by atoms with Gasteiger partial charge in [0.05, 0.1) is 11.5 Å². The van der Waals surface area contributed by atoms with Crippen LogP contribution in [0.4, 0.5) is 5.69 Å². The van der Waals surface area contributed by atoms with E-state index in [0.29, 0.717) is 0 Å². The van der Waals surface area contributed by atoms with Gasteiger partial charge in [-0.2, -0.15) is 0 Å². The van der Waals surface area contributed by atoms with E-state index in [1.807, 2.05) is 6.92 Å². The van der Waals surface area contributed by atoms with E-state index in [2.05, 4.69) is 4.98 Å². The number of halogens is 1. The topological polar surface area (TPSA) is 82.3 Å². The van der Waals surface area contributed by atoms with E-state index in [-0.39, 0.29) is 17.3 Å². The van der Waals surface area contributed by atoms with Crippen LogP contribution in [0, 0.1) is 10.1 Å². The average Bonchev–Trinajstić information content (AvgIpc) is 2.34. The van der Waals surface area contributed by atoms with Crippen LogP contribution in [0.1, 0.15) is 36.5 Å². The van der Waals surface area contributed by atoms with Crippen LogP contribution in [-0.4, -0.2) is 22.5 Å². The first-order valence-electron chi connectivity index (χ1n) is 5.53. The summed E-state index contributed by atoms with van der Waals surface area (Å²) in [6.07, 6.45) is 3.62. The second-order valence-corrected chi connectivity index (χ2v) is 4.01. The molecular weight excluding hydrogens is 260 g/mol. The molecule has 1 aromatic rings. The number of carbonyl (C=O) groups is 1. The van der Waals surface area contributed by atoms with E-state index in [1.54, 1.807) is 0 Å². The summed E-state index contributed by atoms with van der Waals surface area (Å²) in [6.45, 7) is 2.26. The lowest BCUT2D eigenvalue weighted by Crippen LogP contribution is -2.09. The zero-order valence-electron chi connectivity index (χ0n) is 9.89. The molecule has 98 valence electrons. The molecule has 0 N–H and O–H groups in total. The second kappa shape index (κ2) is 6.90. The standard InChI is InChI=1S/C11H13ClN2O4/c1-2-3-4-5-18-11(15)8-6-10(12)13-7-9(8)14(16)17/h6-7H,2-5H2,1H3. The number of esters is 1. The SMILES string of the molecule is CCCCCOC(=O)c1cc(Cl)ncc1[N+](=O)[O-]. The van der Waals surface area contributed by atoms with Gasteiger partial charge in [0, 0.05) is 0 Å². The van der Waals surface area contributed by atoms with Crippen molar-refractivity contribution in [2.45, 2.75) is 26.2 Å².